The second-order valence-electron chi connectivity index (χ2n) is 9.57. The lowest BCUT2D eigenvalue weighted by Gasteiger charge is -2.24. The van der Waals surface area contributed by atoms with Crippen LogP contribution in [0.2, 0.25) is 0 Å². The fourth-order valence-corrected chi connectivity index (χ4v) is 4.34. The molecule has 0 saturated carbocycles. The van der Waals surface area contributed by atoms with Gasteiger partial charge in [-0.1, -0.05) is 54.6 Å². The molecular weight excluding hydrogens is 446 g/mol. The number of hydrogen-bond donors (Lipinski definition) is 3. The van der Waals surface area contributed by atoms with Gasteiger partial charge in [0.25, 0.3) is 0 Å². The Hall–Kier alpha value is -4.00. The van der Waals surface area contributed by atoms with E-state index in [0.29, 0.717) is 11.3 Å². The molecule has 7 heteroatoms. The largest absolute Gasteiger partial charge is 0.508 e. The molecule has 4 rings (SSSR count). The highest BCUT2D eigenvalue weighted by Gasteiger charge is 2.30. The maximum atomic E-state index is 12.6. The number of amides is 1. The number of hydrogen-bond acceptors (Lipinski definition) is 5. The van der Waals surface area contributed by atoms with Gasteiger partial charge in [-0.2, -0.15) is 0 Å². The first-order valence-electron chi connectivity index (χ1n) is 11.5. The standard InChI is InChI=1S/C28H29NO6/c1-28(2,3)35-25-15-18(30)13-12-17(25)14-24(26(31)32)29-27(33)34-16-23-21-10-6-4-8-19(21)20-9-5-7-11-22(20)23/h4-13,15,23-24,30H,14,16H2,1-3H3,(H,29,33)(H,31,32)/t24-/m0/s1. The molecule has 0 saturated heterocycles. The summed E-state index contributed by atoms with van der Waals surface area (Å²) in [6.07, 6.45) is -0.845. The van der Waals surface area contributed by atoms with Gasteiger partial charge in [0.2, 0.25) is 0 Å². The SMILES string of the molecule is CC(C)(C)Oc1cc(O)ccc1C[C@H](NC(=O)OCC1c2ccccc2-c2ccccc21)C(=O)O. The fourth-order valence-electron chi connectivity index (χ4n) is 4.34. The number of ether oxygens (including phenoxy) is 2. The van der Waals surface area contributed by atoms with Crippen molar-refractivity contribution in [2.24, 2.45) is 0 Å². The molecule has 0 unspecified atom stereocenters. The quantitative estimate of drug-likeness (QED) is 0.439. The second kappa shape index (κ2) is 9.70. The lowest BCUT2D eigenvalue weighted by Crippen LogP contribution is -2.43. The maximum absolute atomic E-state index is 12.6. The average molecular weight is 476 g/mol. The number of carboxylic acid groups (broad SMARTS) is 1. The third-order valence-corrected chi connectivity index (χ3v) is 5.82. The number of carboxylic acids is 1. The van der Waals surface area contributed by atoms with Crippen LogP contribution >= 0.6 is 0 Å². The van der Waals surface area contributed by atoms with Crippen LogP contribution in [0.5, 0.6) is 11.5 Å². The summed E-state index contributed by atoms with van der Waals surface area (Å²) < 4.78 is 11.4. The van der Waals surface area contributed by atoms with Gasteiger partial charge in [-0.15, -0.1) is 0 Å². The number of fused-ring (bicyclic) bond motifs is 3. The van der Waals surface area contributed by atoms with Crippen LogP contribution in [0.15, 0.2) is 66.7 Å². The molecule has 0 radical (unpaired) electrons. The van der Waals surface area contributed by atoms with Crippen LogP contribution in [0, 0.1) is 0 Å². The van der Waals surface area contributed by atoms with Crippen molar-refractivity contribution in [1.82, 2.24) is 5.32 Å². The maximum Gasteiger partial charge on any atom is 0.407 e. The zero-order valence-corrected chi connectivity index (χ0v) is 19.9. The third kappa shape index (κ3) is 5.57. The summed E-state index contributed by atoms with van der Waals surface area (Å²) in [7, 11) is 0. The van der Waals surface area contributed by atoms with Crippen molar-refractivity contribution < 1.29 is 29.3 Å². The number of phenolic OH excluding ortho intramolecular Hbond substituents is 1. The van der Waals surface area contributed by atoms with E-state index in [-0.39, 0.29) is 24.7 Å². The molecule has 182 valence electrons. The van der Waals surface area contributed by atoms with E-state index in [2.05, 4.69) is 5.32 Å². The topological polar surface area (TPSA) is 105 Å². The minimum Gasteiger partial charge on any atom is -0.508 e. The Balaban J connectivity index is 1.45. The Morgan fingerprint density at radius 1 is 0.971 bits per heavy atom. The van der Waals surface area contributed by atoms with Crippen molar-refractivity contribution in [3.05, 3.63) is 83.4 Å². The summed E-state index contributed by atoms with van der Waals surface area (Å²) in [5, 5.41) is 22.1. The van der Waals surface area contributed by atoms with Gasteiger partial charge >= 0.3 is 12.1 Å². The first-order valence-corrected chi connectivity index (χ1v) is 11.5. The Bertz CT molecular complexity index is 1200. The predicted molar refractivity (Wildman–Crippen MR) is 132 cm³/mol. The van der Waals surface area contributed by atoms with Crippen LogP contribution < -0.4 is 10.1 Å². The molecule has 0 bridgehead atoms. The highest BCUT2D eigenvalue weighted by Crippen LogP contribution is 2.44. The Morgan fingerprint density at radius 3 is 2.14 bits per heavy atom. The van der Waals surface area contributed by atoms with Gasteiger partial charge in [-0.05, 0) is 54.7 Å². The first-order chi connectivity index (χ1) is 16.6. The fraction of sp³-hybridized carbons (Fsp3) is 0.286. The molecule has 7 nitrogen and oxygen atoms in total. The number of aliphatic carboxylic acids is 1. The Kier molecular flexibility index (Phi) is 6.69. The average Bonchev–Trinajstić information content (AvgIpc) is 3.11. The molecule has 3 aromatic carbocycles. The van der Waals surface area contributed by atoms with Crippen LogP contribution in [0.25, 0.3) is 11.1 Å². The van der Waals surface area contributed by atoms with Crippen molar-refractivity contribution in [2.75, 3.05) is 6.61 Å². The minimum atomic E-state index is -1.24. The molecule has 0 spiro atoms. The van der Waals surface area contributed by atoms with Gasteiger partial charge < -0.3 is 25.0 Å². The number of phenols is 1. The predicted octanol–water partition coefficient (Wildman–Crippen LogP) is 5.10. The first kappa shape index (κ1) is 24.1. The molecule has 35 heavy (non-hydrogen) atoms. The van der Waals surface area contributed by atoms with Crippen molar-refractivity contribution in [2.45, 2.75) is 44.8 Å². The monoisotopic (exact) mass is 475 g/mol. The highest BCUT2D eigenvalue weighted by atomic mass is 16.5. The molecule has 0 aromatic heterocycles. The molecule has 0 heterocycles. The molecule has 3 N–H and O–H groups in total. The minimum absolute atomic E-state index is 0.00405. The van der Waals surface area contributed by atoms with Gasteiger partial charge in [-0.25, -0.2) is 9.59 Å². The number of nitrogens with one attached hydrogen (secondary N) is 1. The zero-order valence-electron chi connectivity index (χ0n) is 19.9. The smallest absolute Gasteiger partial charge is 0.407 e. The summed E-state index contributed by atoms with van der Waals surface area (Å²) in [6.45, 7) is 5.64. The van der Waals surface area contributed by atoms with Crippen LogP contribution in [-0.2, 0) is 16.0 Å². The molecule has 1 aliphatic rings. The van der Waals surface area contributed by atoms with Crippen molar-refractivity contribution >= 4 is 12.1 Å². The number of aromatic hydroxyl groups is 1. The lowest BCUT2D eigenvalue weighted by atomic mass is 9.98. The Labute approximate surface area is 204 Å². The summed E-state index contributed by atoms with van der Waals surface area (Å²) in [5.41, 5.74) is 4.36. The number of carbonyl (C=O) groups excluding carboxylic acids is 1. The molecule has 1 aliphatic carbocycles. The van der Waals surface area contributed by atoms with Crippen molar-refractivity contribution in [3.63, 3.8) is 0 Å². The van der Waals surface area contributed by atoms with E-state index >= 15 is 0 Å². The van der Waals surface area contributed by atoms with Gasteiger partial charge in [0.1, 0.15) is 29.7 Å². The molecule has 1 amide bonds. The molecule has 0 aliphatic heterocycles. The second-order valence-corrected chi connectivity index (χ2v) is 9.57. The highest BCUT2D eigenvalue weighted by molar-refractivity contribution is 5.81. The van der Waals surface area contributed by atoms with Gasteiger partial charge in [-0.3, -0.25) is 0 Å². The summed E-state index contributed by atoms with van der Waals surface area (Å²) in [6, 6.07) is 19.2. The van der Waals surface area contributed by atoms with Crippen LogP contribution in [0.4, 0.5) is 4.79 Å². The van der Waals surface area contributed by atoms with Crippen molar-refractivity contribution in [3.8, 4) is 22.6 Å². The number of carbonyl (C=O) groups is 2. The van der Waals surface area contributed by atoms with Gasteiger partial charge in [0.15, 0.2) is 0 Å². The molecule has 0 fully saturated rings. The lowest BCUT2D eigenvalue weighted by molar-refractivity contribution is -0.139. The summed E-state index contributed by atoms with van der Waals surface area (Å²) in [5.74, 6) is -0.962. The van der Waals surface area contributed by atoms with E-state index in [0.717, 1.165) is 22.3 Å². The number of benzene rings is 3. The van der Waals surface area contributed by atoms with E-state index in [1.165, 1.54) is 12.1 Å². The third-order valence-electron chi connectivity index (χ3n) is 5.82. The van der Waals surface area contributed by atoms with Gasteiger partial charge in [0, 0.05) is 18.4 Å². The van der Waals surface area contributed by atoms with E-state index < -0.39 is 23.7 Å². The molecule has 1 atom stereocenters. The van der Waals surface area contributed by atoms with E-state index in [4.69, 9.17) is 9.47 Å². The van der Waals surface area contributed by atoms with E-state index in [1.54, 1.807) is 6.07 Å². The molecular formula is C28H29NO6. The van der Waals surface area contributed by atoms with Crippen molar-refractivity contribution in [1.29, 1.82) is 0 Å². The number of alkyl carbamates (subject to hydrolysis) is 1. The summed E-state index contributed by atoms with van der Waals surface area (Å²) >= 11 is 0. The number of rotatable bonds is 7. The summed E-state index contributed by atoms with van der Waals surface area (Å²) in [4.78, 5) is 24.6. The van der Waals surface area contributed by atoms with E-state index in [1.807, 2.05) is 69.3 Å². The van der Waals surface area contributed by atoms with Gasteiger partial charge in [0.05, 0.1) is 0 Å². The van der Waals surface area contributed by atoms with Crippen LogP contribution in [-0.4, -0.2) is 40.5 Å². The van der Waals surface area contributed by atoms with Crippen LogP contribution in [0.3, 0.4) is 0 Å². The van der Waals surface area contributed by atoms with Crippen LogP contribution in [0.1, 0.15) is 43.4 Å². The normalized spacial score (nSPS) is 13.5. The Morgan fingerprint density at radius 2 is 1.57 bits per heavy atom. The zero-order chi connectivity index (χ0) is 25.2. The van der Waals surface area contributed by atoms with E-state index in [9.17, 15) is 19.8 Å². The molecule has 3 aromatic rings.